The summed E-state index contributed by atoms with van der Waals surface area (Å²) in [4.78, 5) is 36.5. The summed E-state index contributed by atoms with van der Waals surface area (Å²) in [7, 11) is 0. The Morgan fingerprint density at radius 1 is 1.33 bits per heavy atom. The topological polar surface area (TPSA) is 141 Å². The quantitative estimate of drug-likeness (QED) is 0.431. The molecule has 0 saturated heterocycles. The van der Waals surface area contributed by atoms with Gasteiger partial charge in [-0.05, 0) is 23.5 Å². The zero-order valence-corrected chi connectivity index (χ0v) is 12.8. The van der Waals surface area contributed by atoms with E-state index in [4.69, 9.17) is 4.74 Å². The largest absolute Gasteiger partial charge is 0.504 e. The number of rotatable bonds is 7. The number of benzene rings is 1. The lowest BCUT2D eigenvalue weighted by Crippen LogP contribution is -2.23. The molecule has 0 aliphatic rings. The fourth-order valence-corrected chi connectivity index (χ4v) is 2.12. The lowest BCUT2D eigenvalue weighted by molar-refractivity contribution is -0.380. The molecule has 0 fully saturated rings. The molecule has 0 aliphatic carbocycles. The Balaban J connectivity index is 1.73. The fourth-order valence-electron chi connectivity index (χ4n) is 1.47. The number of hydrogen-bond acceptors (Lipinski definition) is 9. The molecule has 24 heavy (non-hydrogen) atoms. The molecular formula is C13H11N3O7S. The van der Waals surface area contributed by atoms with Gasteiger partial charge in [-0.2, -0.15) is 0 Å². The van der Waals surface area contributed by atoms with E-state index in [1.807, 2.05) is 0 Å². The van der Waals surface area contributed by atoms with Crippen molar-refractivity contribution in [3.63, 3.8) is 0 Å². The van der Waals surface area contributed by atoms with E-state index in [1.54, 1.807) is 12.1 Å². The molecule has 0 spiro atoms. The van der Waals surface area contributed by atoms with E-state index < -0.39 is 30.0 Å². The van der Waals surface area contributed by atoms with E-state index in [-0.39, 0.29) is 21.6 Å². The van der Waals surface area contributed by atoms with E-state index in [0.29, 0.717) is 11.3 Å². The second-order valence-electron chi connectivity index (χ2n) is 4.23. The number of aromatic hydroxyl groups is 1. The zero-order chi connectivity index (χ0) is 17.5. The first-order chi connectivity index (χ1) is 11.5. The van der Waals surface area contributed by atoms with Crippen LogP contribution in [0.4, 0.5) is 10.1 Å². The van der Waals surface area contributed by atoms with E-state index in [2.05, 4.69) is 15.0 Å². The lowest BCUT2D eigenvalue weighted by atomic mass is 10.3. The Morgan fingerprint density at radius 3 is 2.75 bits per heavy atom. The number of carbonyl (C=O) groups is 2. The van der Waals surface area contributed by atoms with Gasteiger partial charge in [0.2, 0.25) is 0 Å². The number of aromatic nitrogens is 1. The van der Waals surface area contributed by atoms with Crippen LogP contribution in [0.5, 0.6) is 11.5 Å². The highest BCUT2D eigenvalue weighted by atomic mass is 32.1. The third kappa shape index (κ3) is 4.91. The summed E-state index contributed by atoms with van der Waals surface area (Å²) in [5.74, 6) is -1.55. The molecule has 11 heteroatoms. The summed E-state index contributed by atoms with van der Waals surface area (Å²) >= 11 is 0.678. The second kappa shape index (κ2) is 7.87. The third-order valence-corrected chi connectivity index (χ3v) is 3.36. The molecule has 0 saturated carbocycles. The third-order valence-electron chi connectivity index (χ3n) is 2.49. The number of anilines is 1. The Hall–Kier alpha value is -3.21. The molecule has 2 rings (SSSR count). The Kier molecular flexibility index (Phi) is 5.63. The minimum atomic E-state index is -0.821. The van der Waals surface area contributed by atoms with Gasteiger partial charge in [-0.1, -0.05) is 12.1 Å². The van der Waals surface area contributed by atoms with Crippen molar-refractivity contribution in [1.29, 1.82) is 0 Å². The van der Waals surface area contributed by atoms with E-state index in [0.717, 1.165) is 6.20 Å². The number of carbonyl (C=O) groups excluding carboxylic acids is 2. The van der Waals surface area contributed by atoms with Crippen molar-refractivity contribution in [3.05, 3.63) is 40.6 Å². The molecule has 1 aromatic carbocycles. The first-order valence-electron chi connectivity index (χ1n) is 6.42. The van der Waals surface area contributed by atoms with Gasteiger partial charge in [-0.15, -0.1) is 0 Å². The van der Waals surface area contributed by atoms with Crippen molar-refractivity contribution in [2.45, 2.75) is 0 Å². The highest BCUT2D eigenvalue weighted by Gasteiger charge is 2.15. The van der Waals surface area contributed by atoms with Crippen molar-refractivity contribution in [2.75, 3.05) is 18.5 Å². The molecule has 2 aromatic rings. The van der Waals surface area contributed by atoms with Crippen molar-refractivity contribution in [2.24, 2.45) is 0 Å². The zero-order valence-electron chi connectivity index (χ0n) is 12.0. The van der Waals surface area contributed by atoms with Crippen molar-refractivity contribution >= 4 is 33.3 Å². The van der Waals surface area contributed by atoms with Gasteiger partial charge in [0.25, 0.3) is 5.91 Å². The molecule has 0 unspecified atom stereocenters. The van der Waals surface area contributed by atoms with E-state index in [9.17, 15) is 24.8 Å². The highest BCUT2D eigenvalue weighted by Crippen LogP contribution is 2.25. The maximum absolute atomic E-state index is 11.6. The number of thiazole rings is 1. The van der Waals surface area contributed by atoms with Crippen LogP contribution in [0.1, 0.15) is 0 Å². The molecule has 0 radical (unpaired) electrons. The smallest absolute Gasteiger partial charge is 0.345 e. The number of nitrogens with zero attached hydrogens (tertiary/aromatic N) is 2. The molecular weight excluding hydrogens is 342 g/mol. The maximum atomic E-state index is 11.6. The molecule has 1 heterocycles. The number of para-hydroxylation sites is 2. The summed E-state index contributed by atoms with van der Waals surface area (Å²) in [6.45, 7) is -1.09. The number of esters is 1. The van der Waals surface area contributed by atoms with Crippen LogP contribution in [0.25, 0.3) is 0 Å². The number of hydrogen-bond donors (Lipinski definition) is 2. The van der Waals surface area contributed by atoms with Crippen LogP contribution < -0.4 is 10.1 Å². The van der Waals surface area contributed by atoms with Crippen LogP contribution in [0.2, 0.25) is 0 Å². The van der Waals surface area contributed by atoms with Crippen LogP contribution in [-0.2, 0) is 14.3 Å². The van der Waals surface area contributed by atoms with E-state index in [1.165, 1.54) is 12.1 Å². The molecule has 0 bridgehead atoms. The average Bonchev–Trinajstić information content (AvgIpc) is 3.01. The number of nitrogens with one attached hydrogen (secondary N) is 1. The van der Waals surface area contributed by atoms with Crippen LogP contribution >= 0.6 is 11.3 Å². The number of amides is 1. The van der Waals surface area contributed by atoms with Crippen LogP contribution in [0.3, 0.4) is 0 Å². The normalized spacial score (nSPS) is 10.0. The molecule has 0 aliphatic heterocycles. The average molecular weight is 353 g/mol. The summed E-state index contributed by atoms with van der Waals surface area (Å²) in [5, 5.41) is 22.0. The number of ether oxygens (including phenoxy) is 2. The molecule has 10 nitrogen and oxygen atoms in total. The minimum absolute atomic E-state index is 0.0215. The first kappa shape index (κ1) is 17.1. The standard InChI is InChI=1S/C13H11N3O7S/c17-8-3-1-2-4-9(8)22-7-12(19)23-6-10(18)15-13-14-5-11(24-13)16(20)21/h1-5,17H,6-7H2,(H,14,15,18). The SMILES string of the molecule is O=C(COC(=O)COc1ccccc1O)Nc1ncc([N+](=O)[O-])s1. The summed E-state index contributed by atoms with van der Waals surface area (Å²) < 4.78 is 9.71. The number of phenols is 1. The number of nitro groups is 1. The highest BCUT2D eigenvalue weighted by molar-refractivity contribution is 7.18. The fraction of sp³-hybridized carbons (Fsp3) is 0.154. The maximum Gasteiger partial charge on any atom is 0.345 e. The van der Waals surface area contributed by atoms with Crippen LogP contribution in [0, 0.1) is 10.1 Å². The van der Waals surface area contributed by atoms with Gasteiger partial charge >= 0.3 is 11.0 Å². The molecule has 1 amide bonds. The molecule has 1 aromatic heterocycles. The van der Waals surface area contributed by atoms with Crippen molar-refractivity contribution in [3.8, 4) is 11.5 Å². The summed E-state index contributed by atoms with van der Waals surface area (Å²) in [5.41, 5.74) is 0. The predicted octanol–water partition coefficient (Wildman–Crippen LogP) is 1.32. The van der Waals surface area contributed by atoms with Gasteiger partial charge in [-0.3, -0.25) is 20.2 Å². The van der Waals surface area contributed by atoms with E-state index >= 15 is 0 Å². The molecule has 2 N–H and O–H groups in total. The summed E-state index contributed by atoms with van der Waals surface area (Å²) in [6.07, 6.45) is 1.01. The Labute approximate surface area is 138 Å². The predicted molar refractivity (Wildman–Crippen MR) is 82.0 cm³/mol. The second-order valence-corrected chi connectivity index (χ2v) is 5.24. The van der Waals surface area contributed by atoms with Gasteiger partial charge in [0.15, 0.2) is 29.8 Å². The first-order valence-corrected chi connectivity index (χ1v) is 7.24. The van der Waals surface area contributed by atoms with Gasteiger partial charge in [0.05, 0.1) is 4.92 Å². The van der Waals surface area contributed by atoms with Gasteiger partial charge in [-0.25, -0.2) is 9.78 Å². The Bertz CT molecular complexity index is 762. The van der Waals surface area contributed by atoms with Gasteiger partial charge in [0.1, 0.15) is 6.20 Å². The Morgan fingerprint density at radius 2 is 2.08 bits per heavy atom. The van der Waals surface area contributed by atoms with Crippen molar-refractivity contribution < 1.29 is 29.1 Å². The van der Waals surface area contributed by atoms with Crippen molar-refractivity contribution in [1.82, 2.24) is 4.98 Å². The summed E-state index contributed by atoms with van der Waals surface area (Å²) in [6, 6.07) is 6.06. The van der Waals surface area contributed by atoms with Crippen LogP contribution in [-0.4, -0.2) is 40.1 Å². The molecule has 0 atom stereocenters. The minimum Gasteiger partial charge on any atom is -0.504 e. The van der Waals surface area contributed by atoms with Crippen LogP contribution in [0.15, 0.2) is 30.5 Å². The lowest BCUT2D eigenvalue weighted by Gasteiger charge is -2.07. The monoisotopic (exact) mass is 353 g/mol. The molecule has 126 valence electrons. The number of phenolic OH excluding ortho intramolecular Hbond substituents is 1. The van der Waals surface area contributed by atoms with Gasteiger partial charge < -0.3 is 14.6 Å². The van der Waals surface area contributed by atoms with Gasteiger partial charge in [0, 0.05) is 0 Å².